The van der Waals surface area contributed by atoms with Crippen LogP contribution in [-0.2, 0) is 9.59 Å². The Hall–Kier alpha value is -3.04. The molecule has 0 bridgehead atoms. The molecule has 1 N–H and O–H groups in total. The molecule has 0 radical (unpaired) electrons. The van der Waals surface area contributed by atoms with Crippen LogP contribution in [0.3, 0.4) is 0 Å². The molecule has 33 heavy (non-hydrogen) atoms. The molecule has 0 aliphatic heterocycles. The second-order valence-corrected chi connectivity index (χ2v) is 7.22. The number of nitrogens with one attached hydrogen (secondary N) is 1. The van der Waals surface area contributed by atoms with Crippen LogP contribution in [0, 0.1) is 0 Å². The molecule has 0 saturated carbocycles. The normalized spacial score (nSPS) is 11.7. The molecule has 0 spiro atoms. The second kappa shape index (κ2) is 12.3. The molecule has 0 aromatic heterocycles. The van der Waals surface area contributed by atoms with Crippen molar-refractivity contribution in [1.29, 1.82) is 0 Å². The quantitative estimate of drug-likeness (QED) is 0.324. The zero-order chi connectivity index (χ0) is 24.5. The van der Waals surface area contributed by atoms with Crippen molar-refractivity contribution in [3.8, 4) is 23.0 Å². The molecule has 0 saturated heterocycles. The molecule has 0 aliphatic carbocycles. The monoisotopic (exact) mass is 497 g/mol. The third-order valence-corrected chi connectivity index (χ3v) is 5.03. The Balaban J connectivity index is 2.38. The standard InChI is InChI=1S/C22H25Cl2N3O6/c1-6-32-15-9-8-13(21(18(15)24)33-7-2)26-27-19(12(3)28)22(29)25-20-16(31-5)11-10-14(30-4)17(20)23/h8-11,19H,6-7H2,1-5H3,(H,25,29). The lowest BCUT2D eigenvalue weighted by molar-refractivity contribution is -0.126. The lowest BCUT2D eigenvalue weighted by Crippen LogP contribution is -2.32. The maximum absolute atomic E-state index is 12.9. The molecule has 2 aromatic carbocycles. The average Bonchev–Trinajstić information content (AvgIpc) is 2.79. The van der Waals surface area contributed by atoms with Crippen LogP contribution in [0.1, 0.15) is 20.8 Å². The highest BCUT2D eigenvalue weighted by molar-refractivity contribution is 6.36. The fraction of sp³-hybridized carbons (Fsp3) is 0.364. The molecule has 0 heterocycles. The second-order valence-electron chi connectivity index (χ2n) is 6.47. The zero-order valence-electron chi connectivity index (χ0n) is 18.9. The van der Waals surface area contributed by atoms with Crippen LogP contribution in [0.5, 0.6) is 23.0 Å². The summed E-state index contributed by atoms with van der Waals surface area (Å²) in [6.45, 7) is 5.55. The summed E-state index contributed by atoms with van der Waals surface area (Å²) < 4.78 is 21.5. The van der Waals surface area contributed by atoms with Gasteiger partial charge in [0.05, 0.1) is 27.4 Å². The third-order valence-electron chi connectivity index (χ3n) is 4.30. The van der Waals surface area contributed by atoms with Gasteiger partial charge in [-0.2, -0.15) is 10.2 Å². The van der Waals surface area contributed by atoms with Crippen LogP contribution in [0.4, 0.5) is 11.4 Å². The van der Waals surface area contributed by atoms with Crippen LogP contribution in [-0.4, -0.2) is 45.2 Å². The van der Waals surface area contributed by atoms with Gasteiger partial charge in [0.25, 0.3) is 5.91 Å². The number of Topliss-reactive ketones (excluding diaryl/α,β-unsaturated/α-hetero) is 1. The molecule has 9 nitrogen and oxygen atoms in total. The molecule has 11 heteroatoms. The first-order valence-electron chi connectivity index (χ1n) is 9.99. The first kappa shape index (κ1) is 26.2. The fourth-order valence-electron chi connectivity index (χ4n) is 2.77. The fourth-order valence-corrected chi connectivity index (χ4v) is 3.32. The highest BCUT2D eigenvalue weighted by atomic mass is 35.5. The molecule has 1 unspecified atom stereocenters. The minimum Gasteiger partial charge on any atom is -0.495 e. The number of nitrogens with zero attached hydrogens (tertiary/aromatic N) is 2. The summed E-state index contributed by atoms with van der Waals surface area (Å²) in [4.78, 5) is 25.1. The Kier molecular flexibility index (Phi) is 9.74. The number of azo groups is 1. The van der Waals surface area contributed by atoms with E-state index in [-0.39, 0.29) is 32.9 Å². The summed E-state index contributed by atoms with van der Waals surface area (Å²) in [6, 6.07) is 4.87. The largest absolute Gasteiger partial charge is 0.495 e. The topological polar surface area (TPSA) is 108 Å². The molecule has 1 atom stereocenters. The van der Waals surface area contributed by atoms with E-state index < -0.39 is 17.7 Å². The van der Waals surface area contributed by atoms with Crippen LogP contribution < -0.4 is 24.3 Å². The van der Waals surface area contributed by atoms with E-state index in [1.165, 1.54) is 21.1 Å². The van der Waals surface area contributed by atoms with E-state index >= 15 is 0 Å². The number of ketones is 1. The Bertz CT molecular complexity index is 1050. The Morgan fingerprint density at radius 1 is 0.939 bits per heavy atom. The first-order valence-corrected chi connectivity index (χ1v) is 10.7. The van der Waals surface area contributed by atoms with Crippen molar-refractivity contribution in [3.05, 3.63) is 34.3 Å². The van der Waals surface area contributed by atoms with Crippen molar-refractivity contribution in [2.45, 2.75) is 26.8 Å². The van der Waals surface area contributed by atoms with Gasteiger partial charge in [-0.1, -0.05) is 23.2 Å². The molecule has 0 aliphatic rings. The van der Waals surface area contributed by atoms with Gasteiger partial charge >= 0.3 is 0 Å². The highest BCUT2D eigenvalue weighted by Gasteiger charge is 2.26. The van der Waals surface area contributed by atoms with Crippen LogP contribution in [0.2, 0.25) is 10.0 Å². The van der Waals surface area contributed by atoms with Gasteiger partial charge in [0.2, 0.25) is 6.04 Å². The van der Waals surface area contributed by atoms with E-state index in [1.54, 1.807) is 31.2 Å². The van der Waals surface area contributed by atoms with Crippen molar-refractivity contribution in [2.24, 2.45) is 10.2 Å². The SMILES string of the molecule is CCOc1ccc(N=NC(C(C)=O)C(=O)Nc2c(OC)ccc(OC)c2Cl)c(OCC)c1Cl. The predicted molar refractivity (Wildman–Crippen MR) is 126 cm³/mol. The Morgan fingerprint density at radius 3 is 2.12 bits per heavy atom. The summed E-state index contributed by atoms with van der Waals surface area (Å²) in [6.07, 6.45) is 0. The van der Waals surface area contributed by atoms with E-state index in [1.807, 2.05) is 6.92 Å². The molecular weight excluding hydrogens is 473 g/mol. The van der Waals surface area contributed by atoms with Gasteiger partial charge in [0.15, 0.2) is 11.5 Å². The maximum atomic E-state index is 12.9. The number of hydrogen-bond donors (Lipinski definition) is 1. The van der Waals surface area contributed by atoms with Gasteiger partial charge in [0, 0.05) is 0 Å². The number of ether oxygens (including phenoxy) is 4. The number of hydrogen-bond acceptors (Lipinski definition) is 8. The van der Waals surface area contributed by atoms with E-state index in [4.69, 9.17) is 42.1 Å². The van der Waals surface area contributed by atoms with Crippen LogP contribution in [0.15, 0.2) is 34.5 Å². The first-order chi connectivity index (χ1) is 15.8. The molecule has 2 aromatic rings. The number of amides is 1. The van der Waals surface area contributed by atoms with Gasteiger partial charge in [-0.25, -0.2) is 0 Å². The van der Waals surface area contributed by atoms with E-state index in [0.29, 0.717) is 24.7 Å². The lowest BCUT2D eigenvalue weighted by Gasteiger charge is -2.16. The Labute approximate surface area is 202 Å². The lowest BCUT2D eigenvalue weighted by atomic mass is 10.2. The van der Waals surface area contributed by atoms with Crippen LogP contribution >= 0.6 is 23.2 Å². The summed E-state index contributed by atoms with van der Waals surface area (Å²) in [5, 5.41) is 10.9. The van der Waals surface area contributed by atoms with Crippen molar-refractivity contribution < 1.29 is 28.5 Å². The predicted octanol–water partition coefficient (Wildman–Crippen LogP) is 5.49. The molecule has 178 valence electrons. The summed E-state index contributed by atoms with van der Waals surface area (Å²) in [7, 11) is 2.85. The van der Waals surface area contributed by atoms with E-state index in [0.717, 1.165) is 0 Å². The number of benzene rings is 2. The van der Waals surface area contributed by atoms with Crippen molar-refractivity contribution >= 4 is 46.3 Å². The molecule has 0 fully saturated rings. The number of carbonyl (C=O) groups is 2. The smallest absolute Gasteiger partial charge is 0.258 e. The minimum absolute atomic E-state index is 0.112. The minimum atomic E-state index is -1.46. The third kappa shape index (κ3) is 6.27. The molecule has 2 rings (SSSR count). The van der Waals surface area contributed by atoms with E-state index in [9.17, 15) is 9.59 Å². The molecular formula is C22H25Cl2N3O6. The number of carbonyl (C=O) groups excluding carboxylic acids is 2. The zero-order valence-corrected chi connectivity index (χ0v) is 20.4. The van der Waals surface area contributed by atoms with Gasteiger partial charge in [0.1, 0.15) is 38.7 Å². The van der Waals surface area contributed by atoms with Gasteiger partial charge in [-0.05, 0) is 45.0 Å². The number of halogens is 2. The summed E-state index contributed by atoms with van der Waals surface area (Å²) in [5.74, 6) is -0.0420. The summed E-state index contributed by atoms with van der Waals surface area (Å²) in [5.41, 5.74) is 0.380. The maximum Gasteiger partial charge on any atom is 0.258 e. The highest BCUT2D eigenvalue weighted by Crippen LogP contribution is 2.42. The van der Waals surface area contributed by atoms with Crippen molar-refractivity contribution in [2.75, 3.05) is 32.8 Å². The number of rotatable bonds is 11. The van der Waals surface area contributed by atoms with Crippen molar-refractivity contribution in [3.63, 3.8) is 0 Å². The average molecular weight is 498 g/mol. The summed E-state index contributed by atoms with van der Waals surface area (Å²) >= 11 is 12.7. The van der Waals surface area contributed by atoms with Gasteiger partial charge in [-0.15, -0.1) is 0 Å². The number of anilines is 1. The van der Waals surface area contributed by atoms with Crippen molar-refractivity contribution in [1.82, 2.24) is 0 Å². The number of methoxy groups -OCH3 is 2. The van der Waals surface area contributed by atoms with Gasteiger partial charge < -0.3 is 24.3 Å². The van der Waals surface area contributed by atoms with Crippen LogP contribution in [0.25, 0.3) is 0 Å². The van der Waals surface area contributed by atoms with Gasteiger partial charge in [-0.3, -0.25) is 9.59 Å². The Morgan fingerprint density at radius 2 is 1.55 bits per heavy atom. The molecule has 1 amide bonds. The van der Waals surface area contributed by atoms with E-state index in [2.05, 4.69) is 15.5 Å².